The lowest BCUT2D eigenvalue weighted by molar-refractivity contribution is 0.0700. The summed E-state index contributed by atoms with van der Waals surface area (Å²) in [6, 6.07) is 25.7. The molecule has 5 rings (SSSR count). The van der Waals surface area contributed by atoms with Gasteiger partial charge in [-0.05, 0) is 67.5 Å². The second-order valence-electron chi connectivity index (χ2n) is 10.8. The van der Waals surface area contributed by atoms with Crippen molar-refractivity contribution < 1.29 is 24.2 Å². The molecule has 0 spiro atoms. The number of carbonyl (C=O) groups is 3. The molecule has 0 radical (unpaired) electrons. The topological polar surface area (TPSA) is 87.2 Å². The van der Waals surface area contributed by atoms with Crippen LogP contribution in [-0.2, 0) is 11.3 Å². The quantitative estimate of drug-likeness (QED) is 0.216. The number of aromatic carboxylic acids is 1. The normalized spacial score (nSPS) is 14.3. The monoisotopic (exact) mass is 616 g/mol. The van der Waals surface area contributed by atoms with E-state index in [0.717, 1.165) is 32.9 Å². The maximum atomic E-state index is 14.2. The number of carboxylic acids is 1. The first kappa shape index (κ1) is 30.3. The Morgan fingerprint density at radius 2 is 1.65 bits per heavy atom. The average molecular weight is 617 g/mol. The number of amides is 2. The summed E-state index contributed by atoms with van der Waals surface area (Å²) in [5.41, 5.74) is 3.36. The molecule has 1 saturated heterocycles. The third-order valence-electron chi connectivity index (χ3n) is 7.89. The Hall–Kier alpha value is -4.14. The SMILES string of the molecule is Cc1ccc(C(=O)N(c2cc(-c3ccccc3)sc2C(=O)O)C(C)C2CCN(C(=O)OCc3ccccc3)CC2)c(Cl)c1. The molecule has 1 unspecified atom stereocenters. The van der Waals surface area contributed by atoms with Crippen LogP contribution in [0.1, 0.15) is 50.9 Å². The fourth-order valence-electron chi connectivity index (χ4n) is 5.48. The zero-order chi connectivity index (χ0) is 30.5. The summed E-state index contributed by atoms with van der Waals surface area (Å²) in [4.78, 5) is 43.7. The van der Waals surface area contributed by atoms with Crippen LogP contribution in [0.15, 0.2) is 84.9 Å². The summed E-state index contributed by atoms with van der Waals surface area (Å²) in [5.74, 6) is -1.45. The Morgan fingerprint density at radius 1 is 1.00 bits per heavy atom. The van der Waals surface area contributed by atoms with E-state index >= 15 is 0 Å². The Balaban J connectivity index is 1.41. The van der Waals surface area contributed by atoms with Crippen LogP contribution in [0, 0.1) is 12.8 Å². The predicted molar refractivity (Wildman–Crippen MR) is 170 cm³/mol. The van der Waals surface area contributed by atoms with Crippen LogP contribution in [0.5, 0.6) is 0 Å². The second kappa shape index (κ2) is 13.4. The van der Waals surface area contributed by atoms with Gasteiger partial charge in [0.25, 0.3) is 5.91 Å². The van der Waals surface area contributed by atoms with Gasteiger partial charge in [-0.15, -0.1) is 11.3 Å². The molecule has 0 aliphatic carbocycles. The molecule has 222 valence electrons. The lowest BCUT2D eigenvalue weighted by atomic mass is 9.88. The molecular weight excluding hydrogens is 584 g/mol. The molecule has 1 aromatic heterocycles. The highest BCUT2D eigenvalue weighted by Crippen LogP contribution is 2.40. The fraction of sp³-hybridized carbons (Fsp3) is 0.265. The van der Waals surface area contributed by atoms with Crippen molar-refractivity contribution in [1.82, 2.24) is 4.90 Å². The van der Waals surface area contributed by atoms with E-state index in [4.69, 9.17) is 16.3 Å². The summed E-state index contributed by atoms with van der Waals surface area (Å²) >= 11 is 7.70. The van der Waals surface area contributed by atoms with E-state index in [1.165, 1.54) is 0 Å². The Labute approximate surface area is 260 Å². The molecule has 1 N–H and O–H groups in total. The zero-order valence-corrected chi connectivity index (χ0v) is 25.6. The van der Waals surface area contributed by atoms with Crippen molar-refractivity contribution in [3.63, 3.8) is 0 Å². The lowest BCUT2D eigenvalue weighted by Crippen LogP contribution is -2.48. The lowest BCUT2D eigenvalue weighted by Gasteiger charge is -2.39. The third-order valence-corrected chi connectivity index (χ3v) is 9.36. The van der Waals surface area contributed by atoms with E-state index in [1.807, 2.05) is 80.6 Å². The third kappa shape index (κ3) is 6.92. The number of ether oxygens (including phenoxy) is 1. The number of thiophene rings is 1. The number of carboxylic acid groups (broad SMARTS) is 1. The highest BCUT2D eigenvalue weighted by molar-refractivity contribution is 7.18. The van der Waals surface area contributed by atoms with Crippen molar-refractivity contribution in [3.8, 4) is 10.4 Å². The predicted octanol–water partition coefficient (Wildman–Crippen LogP) is 8.16. The molecule has 4 aromatic rings. The number of rotatable bonds is 8. The first-order valence-corrected chi connectivity index (χ1v) is 15.4. The number of nitrogens with zero attached hydrogens (tertiary/aromatic N) is 2. The minimum Gasteiger partial charge on any atom is -0.477 e. The van der Waals surface area contributed by atoms with Crippen molar-refractivity contribution in [2.45, 2.75) is 39.3 Å². The number of anilines is 1. The van der Waals surface area contributed by atoms with Gasteiger partial charge in [0, 0.05) is 24.0 Å². The van der Waals surface area contributed by atoms with Crippen LogP contribution >= 0.6 is 22.9 Å². The maximum absolute atomic E-state index is 14.2. The summed E-state index contributed by atoms with van der Waals surface area (Å²) in [6.07, 6.45) is 0.892. The van der Waals surface area contributed by atoms with Crippen molar-refractivity contribution in [2.75, 3.05) is 18.0 Å². The van der Waals surface area contributed by atoms with E-state index in [9.17, 15) is 19.5 Å². The van der Waals surface area contributed by atoms with Gasteiger partial charge in [-0.2, -0.15) is 0 Å². The molecule has 0 saturated carbocycles. The molecule has 43 heavy (non-hydrogen) atoms. The molecular formula is C34H33ClN2O5S. The number of carbonyl (C=O) groups excluding carboxylic acids is 2. The van der Waals surface area contributed by atoms with Crippen molar-refractivity contribution in [3.05, 3.63) is 112 Å². The van der Waals surface area contributed by atoms with Crippen LogP contribution in [0.4, 0.5) is 10.5 Å². The average Bonchev–Trinajstić information content (AvgIpc) is 3.46. The zero-order valence-electron chi connectivity index (χ0n) is 24.0. The Bertz CT molecular complexity index is 1600. The number of likely N-dealkylation sites (tertiary alicyclic amines) is 1. The molecule has 1 aliphatic rings. The van der Waals surface area contributed by atoms with Gasteiger partial charge >= 0.3 is 12.1 Å². The van der Waals surface area contributed by atoms with Gasteiger partial charge in [-0.1, -0.05) is 78.3 Å². The van der Waals surface area contributed by atoms with E-state index in [0.29, 0.717) is 42.2 Å². The molecule has 0 bridgehead atoms. The number of aryl methyl sites for hydroxylation is 1. The molecule has 2 heterocycles. The smallest absolute Gasteiger partial charge is 0.410 e. The van der Waals surface area contributed by atoms with Crippen LogP contribution in [0.3, 0.4) is 0 Å². The second-order valence-corrected chi connectivity index (χ2v) is 12.2. The van der Waals surface area contributed by atoms with Gasteiger partial charge in [0.15, 0.2) is 0 Å². The van der Waals surface area contributed by atoms with Gasteiger partial charge < -0.3 is 19.6 Å². The van der Waals surface area contributed by atoms with Crippen LogP contribution in [-0.4, -0.2) is 47.1 Å². The van der Waals surface area contributed by atoms with Crippen LogP contribution in [0.2, 0.25) is 5.02 Å². The minimum atomic E-state index is -1.10. The summed E-state index contributed by atoms with van der Waals surface area (Å²) in [7, 11) is 0. The summed E-state index contributed by atoms with van der Waals surface area (Å²) in [6.45, 7) is 4.99. The standard InChI is InChI=1S/C34H33ClN2O5S/c1-22-13-14-27(28(35)19-22)32(38)37(29-20-30(43-31(29)33(39)40)26-11-7-4-8-12-26)23(2)25-15-17-36(18-16-25)34(41)42-21-24-9-5-3-6-10-24/h3-14,19-20,23,25H,15-18,21H2,1-2H3,(H,39,40). The Morgan fingerprint density at radius 3 is 2.28 bits per heavy atom. The first-order chi connectivity index (χ1) is 20.7. The number of benzene rings is 3. The van der Waals surface area contributed by atoms with Gasteiger partial charge in [-0.3, -0.25) is 4.79 Å². The largest absolute Gasteiger partial charge is 0.477 e. The Kier molecular flexibility index (Phi) is 9.48. The molecule has 1 fully saturated rings. The van der Waals surface area contributed by atoms with Crippen LogP contribution in [0.25, 0.3) is 10.4 Å². The fourth-order valence-corrected chi connectivity index (χ4v) is 6.79. The van der Waals surface area contributed by atoms with E-state index in [-0.39, 0.29) is 35.4 Å². The summed E-state index contributed by atoms with van der Waals surface area (Å²) in [5, 5.41) is 10.5. The van der Waals surface area contributed by atoms with Crippen molar-refractivity contribution in [1.29, 1.82) is 0 Å². The molecule has 1 atom stereocenters. The maximum Gasteiger partial charge on any atom is 0.410 e. The number of hydrogen-bond donors (Lipinski definition) is 1. The molecule has 1 aliphatic heterocycles. The van der Waals surface area contributed by atoms with Gasteiger partial charge in [0.2, 0.25) is 0 Å². The highest BCUT2D eigenvalue weighted by Gasteiger charge is 2.36. The van der Waals surface area contributed by atoms with Crippen molar-refractivity contribution in [2.24, 2.45) is 5.92 Å². The van der Waals surface area contributed by atoms with Gasteiger partial charge in [0.05, 0.1) is 16.3 Å². The molecule has 2 amide bonds. The highest BCUT2D eigenvalue weighted by atomic mass is 35.5. The minimum absolute atomic E-state index is 0.00747. The summed E-state index contributed by atoms with van der Waals surface area (Å²) < 4.78 is 5.53. The molecule has 3 aromatic carbocycles. The van der Waals surface area contributed by atoms with Crippen molar-refractivity contribution >= 4 is 46.6 Å². The molecule has 9 heteroatoms. The van der Waals surface area contributed by atoms with E-state index < -0.39 is 5.97 Å². The first-order valence-electron chi connectivity index (χ1n) is 14.2. The van der Waals surface area contributed by atoms with Gasteiger partial charge in [-0.25, -0.2) is 9.59 Å². The molecule has 7 nitrogen and oxygen atoms in total. The van der Waals surface area contributed by atoms with Crippen LogP contribution < -0.4 is 4.90 Å². The number of piperidine rings is 1. The van der Waals surface area contributed by atoms with Gasteiger partial charge in [0.1, 0.15) is 11.5 Å². The number of halogens is 1. The van der Waals surface area contributed by atoms with E-state index in [2.05, 4.69) is 0 Å². The number of hydrogen-bond acceptors (Lipinski definition) is 5. The van der Waals surface area contributed by atoms with E-state index in [1.54, 1.807) is 28.0 Å².